The molecule has 0 aliphatic carbocycles. The van der Waals surface area contributed by atoms with Crippen molar-refractivity contribution in [3.05, 3.63) is 0 Å². The molecule has 0 saturated carbocycles. The molecule has 0 aliphatic rings. The monoisotopic (exact) mass is 615 g/mol. The maximum absolute atomic E-state index is 12.2. The number of esters is 2. The molecule has 0 aromatic rings. The van der Waals surface area contributed by atoms with Crippen LogP contribution in [0, 0.1) is 0 Å². The van der Waals surface area contributed by atoms with Gasteiger partial charge in [-0.3, -0.25) is 9.59 Å². The number of unbranched alkanes of at least 4 members (excludes halogenated alkanes) is 26. The van der Waals surface area contributed by atoms with E-state index in [0.29, 0.717) is 12.8 Å². The highest BCUT2D eigenvalue weighted by molar-refractivity contribution is 6.18. The lowest BCUT2D eigenvalue weighted by molar-refractivity contribution is -0.157. The third-order valence-electron chi connectivity index (χ3n) is 8.37. The molecular weight excluding hydrogens is 544 g/mol. The number of carbonyl (C=O) groups excluding carboxylic acids is 2. The number of rotatable bonds is 34. The molecule has 0 radical (unpaired) electrons. The van der Waals surface area contributed by atoms with Crippen molar-refractivity contribution in [1.82, 2.24) is 0 Å². The number of ether oxygens (including phenoxy) is 2. The van der Waals surface area contributed by atoms with Crippen LogP contribution in [0.2, 0.25) is 0 Å². The van der Waals surface area contributed by atoms with Crippen LogP contribution in [-0.4, -0.2) is 30.5 Å². The highest BCUT2D eigenvalue weighted by atomic mass is 35.5. The van der Waals surface area contributed by atoms with E-state index in [-0.39, 0.29) is 24.4 Å². The maximum atomic E-state index is 12.2. The Morgan fingerprint density at radius 3 is 1.05 bits per heavy atom. The van der Waals surface area contributed by atoms with Crippen molar-refractivity contribution in [2.45, 2.75) is 213 Å². The van der Waals surface area contributed by atoms with Gasteiger partial charge in [0.15, 0.2) is 0 Å². The van der Waals surface area contributed by atoms with Crippen LogP contribution in [0.3, 0.4) is 0 Å². The smallest absolute Gasteiger partial charge is 0.306 e. The Morgan fingerprint density at radius 2 is 0.738 bits per heavy atom. The van der Waals surface area contributed by atoms with E-state index in [1.165, 1.54) is 154 Å². The molecule has 0 aromatic heterocycles. The minimum Gasteiger partial charge on any atom is -0.462 e. The van der Waals surface area contributed by atoms with Crippen LogP contribution in [0.1, 0.15) is 206 Å². The molecule has 0 rings (SSSR count). The standard InChI is InChI=1S/C37H71ClO4/c1-3-5-7-9-11-13-15-17-18-20-22-24-26-28-30-32-37(40)42-35(33-38)34-41-36(39)31-29-27-25-23-21-19-16-14-12-10-8-6-4-2/h35H,3-34H2,1-2H3/t35-/m1/s1. The summed E-state index contributed by atoms with van der Waals surface area (Å²) >= 11 is 5.96. The third kappa shape index (κ3) is 32.2. The SMILES string of the molecule is CCCCCCCCCCCCCCCCCC(=O)O[C@H](CCl)COC(=O)CCCCCCCCCCCCCCC. The second-order valence-corrected chi connectivity index (χ2v) is 13.0. The van der Waals surface area contributed by atoms with E-state index in [1.54, 1.807) is 0 Å². The van der Waals surface area contributed by atoms with Crippen LogP contribution >= 0.6 is 11.6 Å². The summed E-state index contributed by atoms with van der Waals surface area (Å²) in [6.07, 6.45) is 36.5. The average molecular weight is 615 g/mol. The van der Waals surface area contributed by atoms with Gasteiger partial charge < -0.3 is 9.47 Å². The lowest BCUT2D eigenvalue weighted by atomic mass is 10.0. The Kier molecular flexibility index (Phi) is 34.1. The van der Waals surface area contributed by atoms with Crippen LogP contribution in [0.15, 0.2) is 0 Å². The van der Waals surface area contributed by atoms with Crippen molar-refractivity contribution in [2.75, 3.05) is 12.5 Å². The molecule has 0 N–H and O–H groups in total. The van der Waals surface area contributed by atoms with E-state index in [1.807, 2.05) is 0 Å². The maximum Gasteiger partial charge on any atom is 0.306 e. The number of hydrogen-bond acceptors (Lipinski definition) is 4. The van der Waals surface area contributed by atoms with Gasteiger partial charge in [0.05, 0.1) is 5.88 Å². The van der Waals surface area contributed by atoms with Gasteiger partial charge in [-0.25, -0.2) is 0 Å². The van der Waals surface area contributed by atoms with Crippen LogP contribution in [-0.2, 0) is 19.1 Å². The summed E-state index contributed by atoms with van der Waals surface area (Å²) in [5, 5.41) is 0. The van der Waals surface area contributed by atoms with E-state index in [2.05, 4.69) is 13.8 Å². The Balaban J connectivity index is 3.51. The van der Waals surface area contributed by atoms with E-state index < -0.39 is 6.10 Å². The average Bonchev–Trinajstić information content (AvgIpc) is 2.99. The highest BCUT2D eigenvalue weighted by Gasteiger charge is 2.16. The molecule has 0 aromatic carbocycles. The number of alkyl halides is 1. The van der Waals surface area contributed by atoms with Crippen LogP contribution < -0.4 is 0 Å². The molecule has 250 valence electrons. The molecule has 0 amide bonds. The van der Waals surface area contributed by atoms with E-state index in [0.717, 1.165) is 25.7 Å². The second-order valence-electron chi connectivity index (χ2n) is 12.6. The van der Waals surface area contributed by atoms with Crippen molar-refractivity contribution in [1.29, 1.82) is 0 Å². The van der Waals surface area contributed by atoms with Crippen LogP contribution in [0.25, 0.3) is 0 Å². The highest BCUT2D eigenvalue weighted by Crippen LogP contribution is 2.15. The van der Waals surface area contributed by atoms with Crippen molar-refractivity contribution in [2.24, 2.45) is 0 Å². The van der Waals surface area contributed by atoms with Gasteiger partial charge in [0, 0.05) is 12.8 Å². The molecule has 0 aliphatic heterocycles. The molecule has 0 fully saturated rings. The van der Waals surface area contributed by atoms with Crippen LogP contribution in [0.4, 0.5) is 0 Å². The lowest BCUT2D eigenvalue weighted by Gasteiger charge is -2.15. The number of hydrogen-bond donors (Lipinski definition) is 0. The van der Waals surface area contributed by atoms with Gasteiger partial charge in [-0.2, -0.15) is 0 Å². The minimum atomic E-state index is -0.550. The Hall–Kier alpha value is -0.770. The summed E-state index contributed by atoms with van der Waals surface area (Å²) in [6.45, 7) is 4.60. The largest absolute Gasteiger partial charge is 0.462 e. The van der Waals surface area contributed by atoms with E-state index in [9.17, 15) is 9.59 Å². The first kappa shape index (κ1) is 41.2. The fraction of sp³-hybridized carbons (Fsp3) is 0.946. The van der Waals surface area contributed by atoms with Gasteiger partial charge in [-0.05, 0) is 12.8 Å². The second kappa shape index (κ2) is 34.7. The molecular formula is C37H71ClO4. The number of halogens is 1. The Morgan fingerprint density at radius 1 is 0.452 bits per heavy atom. The van der Waals surface area contributed by atoms with Crippen molar-refractivity contribution < 1.29 is 19.1 Å². The summed E-state index contributed by atoms with van der Waals surface area (Å²) in [7, 11) is 0. The predicted octanol–water partition coefficient (Wildman–Crippen LogP) is 12.4. The summed E-state index contributed by atoms with van der Waals surface area (Å²) in [5.74, 6) is -0.300. The first-order valence-corrected chi connectivity index (χ1v) is 19.1. The van der Waals surface area contributed by atoms with Gasteiger partial charge in [0.1, 0.15) is 12.7 Å². The van der Waals surface area contributed by atoms with Crippen molar-refractivity contribution in [3.8, 4) is 0 Å². The van der Waals surface area contributed by atoms with E-state index in [4.69, 9.17) is 21.1 Å². The number of carbonyl (C=O) groups is 2. The summed E-state index contributed by atoms with van der Waals surface area (Å²) < 4.78 is 10.8. The normalized spacial score (nSPS) is 12.0. The molecule has 4 nitrogen and oxygen atoms in total. The minimum absolute atomic E-state index is 0.0609. The van der Waals surface area contributed by atoms with Crippen molar-refractivity contribution in [3.63, 3.8) is 0 Å². The quantitative estimate of drug-likeness (QED) is 0.0411. The van der Waals surface area contributed by atoms with Gasteiger partial charge >= 0.3 is 11.9 Å². The zero-order valence-electron chi connectivity index (χ0n) is 28.2. The first-order chi connectivity index (χ1) is 20.6. The first-order valence-electron chi connectivity index (χ1n) is 18.5. The fourth-order valence-electron chi connectivity index (χ4n) is 5.54. The predicted molar refractivity (Wildman–Crippen MR) is 181 cm³/mol. The van der Waals surface area contributed by atoms with Gasteiger partial charge in [-0.1, -0.05) is 181 Å². The summed E-state index contributed by atoms with van der Waals surface area (Å²) in [6, 6.07) is 0. The topological polar surface area (TPSA) is 52.6 Å². The molecule has 5 heteroatoms. The summed E-state index contributed by atoms with van der Waals surface area (Å²) in [4.78, 5) is 24.3. The van der Waals surface area contributed by atoms with Crippen LogP contribution in [0.5, 0.6) is 0 Å². The van der Waals surface area contributed by atoms with Gasteiger partial charge in [0.25, 0.3) is 0 Å². The molecule has 0 spiro atoms. The zero-order chi connectivity index (χ0) is 30.8. The third-order valence-corrected chi connectivity index (χ3v) is 8.71. The fourth-order valence-corrected chi connectivity index (χ4v) is 5.69. The Labute approximate surface area is 267 Å². The van der Waals surface area contributed by atoms with Crippen molar-refractivity contribution >= 4 is 23.5 Å². The Bertz CT molecular complexity index is 568. The molecule has 0 saturated heterocycles. The molecule has 0 unspecified atom stereocenters. The molecule has 42 heavy (non-hydrogen) atoms. The van der Waals surface area contributed by atoms with Gasteiger partial charge in [-0.15, -0.1) is 11.6 Å². The summed E-state index contributed by atoms with van der Waals surface area (Å²) in [5.41, 5.74) is 0. The molecule has 1 atom stereocenters. The van der Waals surface area contributed by atoms with E-state index >= 15 is 0 Å². The van der Waals surface area contributed by atoms with Gasteiger partial charge in [0.2, 0.25) is 0 Å². The molecule has 0 heterocycles. The molecule has 0 bridgehead atoms. The zero-order valence-corrected chi connectivity index (χ0v) is 29.0. The lowest BCUT2D eigenvalue weighted by Crippen LogP contribution is -2.26.